The zero-order valence-corrected chi connectivity index (χ0v) is 15.9. The van der Waals surface area contributed by atoms with Crippen LogP contribution in [0, 0.1) is 5.92 Å². The number of anilines is 1. The molecule has 140 valence electrons. The summed E-state index contributed by atoms with van der Waals surface area (Å²) in [5, 5.41) is 4.02. The number of hydrogen-bond donors (Lipinski definition) is 2. The first kappa shape index (κ1) is 17.7. The van der Waals surface area contributed by atoms with Gasteiger partial charge < -0.3 is 15.2 Å². The Bertz CT molecular complexity index is 766. The van der Waals surface area contributed by atoms with Gasteiger partial charge in [0.05, 0.1) is 17.0 Å². The number of hydrogen-bond acceptors (Lipinski definition) is 3. The van der Waals surface area contributed by atoms with Crippen molar-refractivity contribution in [3.63, 3.8) is 0 Å². The third kappa shape index (κ3) is 3.98. The van der Waals surface area contributed by atoms with Crippen molar-refractivity contribution in [1.29, 1.82) is 0 Å². The summed E-state index contributed by atoms with van der Waals surface area (Å²) in [6.45, 7) is 1.66. The Balaban J connectivity index is 1.41. The Morgan fingerprint density at radius 2 is 1.96 bits per heavy atom. The zero-order valence-electron chi connectivity index (χ0n) is 15.1. The fourth-order valence-corrected chi connectivity index (χ4v) is 4.42. The van der Waals surface area contributed by atoms with Crippen molar-refractivity contribution in [2.45, 2.75) is 57.4 Å². The van der Waals surface area contributed by atoms with E-state index in [-0.39, 0.29) is 11.8 Å². The zero-order chi connectivity index (χ0) is 17.9. The Labute approximate surface area is 159 Å². The second-order valence-electron chi connectivity index (χ2n) is 7.70. The van der Waals surface area contributed by atoms with E-state index in [0.717, 1.165) is 55.8 Å². The summed E-state index contributed by atoms with van der Waals surface area (Å²) in [7, 11) is 0. The van der Waals surface area contributed by atoms with Crippen LogP contribution in [0.1, 0.15) is 51.4 Å². The highest BCUT2D eigenvalue weighted by Crippen LogP contribution is 2.26. The predicted molar refractivity (Wildman–Crippen MR) is 106 cm³/mol. The summed E-state index contributed by atoms with van der Waals surface area (Å²) in [5.74, 6) is 1.11. The number of halogens is 1. The number of carbonyl (C=O) groups excluding carboxylic acids is 1. The highest BCUT2D eigenvalue weighted by atomic mass is 35.5. The molecule has 1 saturated heterocycles. The summed E-state index contributed by atoms with van der Waals surface area (Å²) >= 11 is 6.07. The Morgan fingerprint density at radius 1 is 1.15 bits per heavy atom. The molecule has 1 saturated carbocycles. The third-order valence-corrected chi connectivity index (χ3v) is 5.96. The van der Waals surface area contributed by atoms with E-state index < -0.39 is 0 Å². The minimum absolute atomic E-state index is 0.0452. The Kier molecular flexibility index (Phi) is 5.34. The molecule has 1 aliphatic heterocycles. The minimum Gasteiger partial charge on any atom is -0.353 e. The molecular formula is C20H27ClN4O. The maximum absolute atomic E-state index is 12.8. The molecule has 1 aromatic carbocycles. The largest absolute Gasteiger partial charge is 0.353 e. The van der Waals surface area contributed by atoms with Crippen LogP contribution in [0.5, 0.6) is 0 Å². The molecule has 26 heavy (non-hydrogen) atoms. The number of benzene rings is 1. The van der Waals surface area contributed by atoms with Gasteiger partial charge in [-0.1, -0.05) is 37.3 Å². The number of carbonyl (C=O) groups is 1. The number of H-pyrrole nitrogens is 1. The standard InChI is InChI=1S/C20H27ClN4O/c21-15-9-10-17-18(12-15)24-20(23-17)25-11-5-6-14(13-25)19(26)22-16-7-3-1-2-4-8-16/h9-10,12,14,16H,1-8,11,13H2,(H,22,26)(H,23,24)/t14-/m1/s1. The average molecular weight is 375 g/mol. The summed E-state index contributed by atoms with van der Waals surface area (Å²) in [5.41, 5.74) is 1.85. The van der Waals surface area contributed by atoms with Gasteiger partial charge in [0.1, 0.15) is 0 Å². The lowest BCUT2D eigenvalue weighted by molar-refractivity contribution is -0.126. The Morgan fingerprint density at radius 3 is 2.77 bits per heavy atom. The predicted octanol–water partition coefficient (Wildman–Crippen LogP) is 4.27. The van der Waals surface area contributed by atoms with Gasteiger partial charge in [0.2, 0.25) is 11.9 Å². The van der Waals surface area contributed by atoms with E-state index in [1.54, 1.807) is 0 Å². The van der Waals surface area contributed by atoms with Crippen LogP contribution in [0.3, 0.4) is 0 Å². The number of rotatable bonds is 3. The van der Waals surface area contributed by atoms with E-state index in [9.17, 15) is 4.79 Å². The lowest BCUT2D eigenvalue weighted by atomic mass is 9.96. The van der Waals surface area contributed by atoms with E-state index in [1.807, 2.05) is 18.2 Å². The number of amides is 1. The van der Waals surface area contributed by atoms with Crippen LogP contribution in [0.2, 0.25) is 5.02 Å². The van der Waals surface area contributed by atoms with Crippen LogP contribution in [-0.2, 0) is 4.79 Å². The average Bonchev–Trinajstić information content (AvgIpc) is 2.90. The van der Waals surface area contributed by atoms with Crippen LogP contribution in [0.4, 0.5) is 5.95 Å². The molecule has 2 aliphatic rings. The van der Waals surface area contributed by atoms with Gasteiger partial charge in [-0.15, -0.1) is 0 Å². The van der Waals surface area contributed by atoms with Crippen molar-refractivity contribution in [3.8, 4) is 0 Å². The second kappa shape index (κ2) is 7.87. The number of fused-ring (bicyclic) bond motifs is 1. The topological polar surface area (TPSA) is 61.0 Å². The van der Waals surface area contributed by atoms with Crippen LogP contribution < -0.4 is 10.2 Å². The minimum atomic E-state index is 0.0452. The Hall–Kier alpha value is -1.75. The summed E-state index contributed by atoms with van der Waals surface area (Å²) in [6, 6.07) is 6.05. The SMILES string of the molecule is O=C(NC1CCCCCC1)[C@@H]1CCCN(c2nc3ccc(Cl)cc3[nH]2)C1. The van der Waals surface area contributed by atoms with E-state index in [4.69, 9.17) is 11.6 Å². The summed E-state index contributed by atoms with van der Waals surface area (Å²) in [4.78, 5) is 23.0. The first-order valence-corrected chi connectivity index (χ1v) is 10.3. The van der Waals surface area contributed by atoms with Crippen LogP contribution in [-0.4, -0.2) is 35.0 Å². The molecule has 2 aromatic rings. The number of nitrogens with zero attached hydrogens (tertiary/aromatic N) is 2. The normalized spacial score (nSPS) is 22.3. The van der Waals surface area contributed by atoms with Crippen molar-refractivity contribution in [2.75, 3.05) is 18.0 Å². The quantitative estimate of drug-likeness (QED) is 0.788. The number of imidazole rings is 1. The number of piperidine rings is 1. The van der Waals surface area contributed by atoms with E-state index in [2.05, 4.69) is 20.2 Å². The lowest BCUT2D eigenvalue weighted by Crippen LogP contribution is -2.46. The maximum Gasteiger partial charge on any atom is 0.225 e. The fraction of sp³-hybridized carbons (Fsp3) is 0.600. The van der Waals surface area contributed by atoms with Gasteiger partial charge in [0.15, 0.2) is 0 Å². The lowest BCUT2D eigenvalue weighted by Gasteiger charge is -2.32. The van der Waals surface area contributed by atoms with E-state index >= 15 is 0 Å². The number of aromatic amines is 1. The molecule has 5 nitrogen and oxygen atoms in total. The van der Waals surface area contributed by atoms with Gasteiger partial charge >= 0.3 is 0 Å². The molecule has 1 atom stereocenters. The van der Waals surface area contributed by atoms with Crippen molar-refractivity contribution < 1.29 is 4.79 Å². The maximum atomic E-state index is 12.8. The molecular weight excluding hydrogens is 348 g/mol. The molecule has 4 rings (SSSR count). The highest BCUT2D eigenvalue weighted by Gasteiger charge is 2.28. The van der Waals surface area contributed by atoms with Gasteiger partial charge in [0, 0.05) is 24.2 Å². The molecule has 1 aromatic heterocycles. The van der Waals surface area contributed by atoms with Crippen molar-refractivity contribution >= 4 is 34.5 Å². The van der Waals surface area contributed by atoms with E-state index in [1.165, 1.54) is 25.7 Å². The van der Waals surface area contributed by atoms with Crippen LogP contribution in [0.25, 0.3) is 11.0 Å². The van der Waals surface area contributed by atoms with Crippen LogP contribution >= 0.6 is 11.6 Å². The van der Waals surface area contributed by atoms with Gasteiger partial charge in [-0.3, -0.25) is 4.79 Å². The molecule has 6 heteroatoms. The molecule has 0 bridgehead atoms. The molecule has 2 N–H and O–H groups in total. The van der Waals surface area contributed by atoms with Crippen molar-refractivity contribution in [2.24, 2.45) is 5.92 Å². The van der Waals surface area contributed by atoms with Gasteiger partial charge in [-0.05, 0) is 43.9 Å². The van der Waals surface area contributed by atoms with Crippen LogP contribution in [0.15, 0.2) is 18.2 Å². The first-order valence-electron chi connectivity index (χ1n) is 9.89. The molecule has 0 unspecified atom stereocenters. The molecule has 2 heterocycles. The first-order chi connectivity index (χ1) is 12.7. The van der Waals surface area contributed by atoms with Gasteiger partial charge in [0.25, 0.3) is 0 Å². The summed E-state index contributed by atoms with van der Waals surface area (Å²) in [6.07, 6.45) is 9.33. The summed E-state index contributed by atoms with van der Waals surface area (Å²) < 4.78 is 0. The third-order valence-electron chi connectivity index (χ3n) is 5.72. The highest BCUT2D eigenvalue weighted by molar-refractivity contribution is 6.31. The fourth-order valence-electron chi connectivity index (χ4n) is 4.24. The molecule has 0 radical (unpaired) electrons. The molecule has 1 amide bonds. The monoisotopic (exact) mass is 374 g/mol. The smallest absolute Gasteiger partial charge is 0.225 e. The second-order valence-corrected chi connectivity index (χ2v) is 8.14. The van der Waals surface area contributed by atoms with Gasteiger partial charge in [-0.25, -0.2) is 4.98 Å². The van der Waals surface area contributed by atoms with Crippen molar-refractivity contribution in [1.82, 2.24) is 15.3 Å². The van der Waals surface area contributed by atoms with E-state index in [0.29, 0.717) is 11.1 Å². The van der Waals surface area contributed by atoms with Crippen molar-refractivity contribution in [3.05, 3.63) is 23.2 Å². The number of nitrogens with one attached hydrogen (secondary N) is 2. The molecule has 1 aliphatic carbocycles. The molecule has 2 fully saturated rings. The molecule has 0 spiro atoms. The number of aromatic nitrogens is 2. The van der Waals surface area contributed by atoms with Gasteiger partial charge in [-0.2, -0.15) is 0 Å².